The van der Waals surface area contributed by atoms with Gasteiger partial charge in [-0.25, -0.2) is 4.98 Å². The van der Waals surface area contributed by atoms with Crippen LogP contribution in [-0.2, 0) is 6.42 Å². The van der Waals surface area contributed by atoms with Crippen molar-refractivity contribution in [3.8, 4) is 0 Å². The molecule has 3 nitrogen and oxygen atoms in total. The van der Waals surface area contributed by atoms with Gasteiger partial charge in [0, 0.05) is 12.0 Å². The molecule has 1 aromatic carbocycles. The number of H-pyrrole nitrogens is 1. The van der Waals surface area contributed by atoms with E-state index in [2.05, 4.69) is 9.97 Å². The average molecular weight is 298 g/mol. The fourth-order valence-corrected chi connectivity index (χ4v) is 3.23. The van der Waals surface area contributed by atoms with E-state index in [1.165, 1.54) is 19.3 Å². The molecule has 5 heteroatoms. The zero-order valence-electron chi connectivity index (χ0n) is 10.7. The van der Waals surface area contributed by atoms with Crippen LogP contribution in [0.25, 0.3) is 11.0 Å². The molecule has 2 aromatic rings. The predicted molar refractivity (Wildman–Crippen MR) is 79.8 cm³/mol. The van der Waals surface area contributed by atoms with Crippen molar-refractivity contribution in [1.29, 1.82) is 0 Å². The summed E-state index contributed by atoms with van der Waals surface area (Å²) in [7, 11) is 0. The summed E-state index contributed by atoms with van der Waals surface area (Å²) in [6.07, 6.45) is 6.67. The van der Waals surface area contributed by atoms with Gasteiger partial charge in [0.05, 0.1) is 21.1 Å². The second-order valence-corrected chi connectivity index (χ2v) is 6.38. The van der Waals surface area contributed by atoms with Gasteiger partial charge < -0.3 is 10.7 Å². The monoisotopic (exact) mass is 297 g/mol. The molecule has 1 saturated carbocycles. The lowest BCUT2D eigenvalue weighted by atomic mass is 9.80. The van der Waals surface area contributed by atoms with Crippen LogP contribution in [0, 0.1) is 0 Å². The second-order valence-electron chi connectivity index (χ2n) is 5.57. The van der Waals surface area contributed by atoms with Crippen molar-refractivity contribution in [3.05, 3.63) is 28.0 Å². The molecule has 3 N–H and O–H groups in total. The van der Waals surface area contributed by atoms with Crippen molar-refractivity contribution >= 4 is 34.2 Å². The molecular formula is C14H17Cl2N3. The van der Waals surface area contributed by atoms with Gasteiger partial charge in [0.15, 0.2) is 0 Å². The van der Waals surface area contributed by atoms with Gasteiger partial charge in [0.25, 0.3) is 0 Å². The average Bonchev–Trinajstić information content (AvgIpc) is 2.71. The highest BCUT2D eigenvalue weighted by atomic mass is 35.5. The molecule has 1 heterocycles. The maximum atomic E-state index is 6.46. The van der Waals surface area contributed by atoms with Crippen molar-refractivity contribution in [2.24, 2.45) is 5.73 Å². The van der Waals surface area contributed by atoms with Gasteiger partial charge in [-0.1, -0.05) is 42.5 Å². The number of nitrogens with two attached hydrogens (primary N) is 1. The van der Waals surface area contributed by atoms with E-state index >= 15 is 0 Å². The largest absolute Gasteiger partial charge is 0.342 e. The molecule has 0 unspecified atom stereocenters. The molecule has 0 amide bonds. The topological polar surface area (TPSA) is 54.7 Å². The first-order valence-electron chi connectivity index (χ1n) is 6.68. The molecule has 0 aliphatic heterocycles. The van der Waals surface area contributed by atoms with Crippen LogP contribution in [0.3, 0.4) is 0 Å². The predicted octanol–water partition coefficient (Wildman–Crippen LogP) is 4.07. The molecule has 0 bridgehead atoms. The fraction of sp³-hybridized carbons (Fsp3) is 0.500. The first-order valence-corrected chi connectivity index (χ1v) is 7.44. The van der Waals surface area contributed by atoms with E-state index in [0.29, 0.717) is 10.0 Å². The third-order valence-corrected chi connectivity index (χ3v) is 4.66. The van der Waals surface area contributed by atoms with Gasteiger partial charge in [-0.3, -0.25) is 0 Å². The number of fused-ring (bicyclic) bond motifs is 1. The second kappa shape index (κ2) is 4.97. The number of nitrogens with zero attached hydrogens (tertiary/aromatic N) is 1. The Morgan fingerprint density at radius 2 is 1.84 bits per heavy atom. The minimum atomic E-state index is -0.111. The van der Waals surface area contributed by atoms with Crippen molar-refractivity contribution in [2.45, 2.75) is 44.1 Å². The van der Waals surface area contributed by atoms with Gasteiger partial charge in [0.2, 0.25) is 0 Å². The standard InChI is InChI=1S/C14H17Cl2N3/c15-9-6-11-12(7-10(9)16)19-13(18-11)8-14(17)4-2-1-3-5-14/h6-7H,1-5,8,17H2,(H,18,19). The minimum Gasteiger partial charge on any atom is -0.342 e. The molecular weight excluding hydrogens is 281 g/mol. The van der Waals surface area contributed by atoms with Crippen LogP contribution in [0.4, 0.5) is 0 Å². The van der Waals surface area contributed by atoms with Crippen molar-refractivity contribution in [1.82, 2.24) is 9.97 Å². The van der Waals surface area contributed by atoms with Crippen LogP contribution in [0.1, 0.15) is 37.9 Å². The Labute approximate surface area is 122 Å². The normalized spacial score (nSPS) is 18.9. The maximum Gasteiger partial charge on any atom is 0.109 e. The van der Waals surface area contributed by atoms with E-state index in [9.17, 15) is 0 Å². The smallest absolute Gasteiger partial charge is 0.109 e. The third-order valence-electron chi connectivity index (χ3n) is 3.94. The third kappa shape index (κ3) is 2.73. The molecule has 102 valence electrons. The molecule has 19 heavy (non-hydrogen) atoms. The zero-order valence-corrected chi connectivity index (χ0v) is 12.2. The summed E-state index contributed by atoms with van der Waals surface area (Å²) in [6, 6.07) is 3.61. The number of nitrogens with one attached hydrogen (secondary N) is 1. The Hall–Kier alpha value is -0.770. The van der Waals surface area contributed by atoms with Gasteiger partial charge in [-0.05, 0) is 25.0 Å². The molecule has 1 aromatic heterocycles. The lowest BCUT2D eigenvalue weighted by Gasteiger charge is -2.32. The maximum absolute atomic E-state index is 6.46. The first kappa shape index (κ1) is 13.2. The molecule has 0 spiro atoms. The summed E-state index contributed by atoms with van der Waals surface area (Å²) >= 11 is 12.0. The highest BCUT2D eigenvalue weighted by Gasteiger charge is 2.28. The molecule has 0 saturated heterocycles. The van der Waals surface area contributed by atoms with E-state index in [4.69, 9.17) is 28.9 Å². The highest BCUT2D eigenvalue weighted by Crippen LogP contribution is 2.30. The number of hydrogen-bond acceptors (Lipinski definition) is 2. The van der Waals surface area contributed by atoms with Crippen LogP contribution in [0.5, 0.6) is 0 Å². The molecule has 1 fully saturated rings. The Kier molecular flexibility index (Phi) is 3.46. The lowest BCUT2D eigenvalue weighted by Crippen LogP contribution is -2.44. The number of aromatic nitrogens is 2. The minimum absolute atomic E-state index is 0.111. The van der Waals surface area contributed by atoms with Gasteiger partial charge in [-0.2, -0.15) is 0 Å². The van der Waals surface area contributed by atoms with Crippen molar-refractivity contribution in [3.63, 3.8) is 0 Å². The van der Waals surface area contributed by atoms with Crippen LogP contribution >= 0.6 is 23.2 Å². The van der Waals surface area contributed by atoms with E-state index in [1.54, 1.807) is 6.07 Å². The van der Waals surface area contributed by atoms with E-state index in [1.807, 2.05) is 6.07 Å². The number of halogens is 2. The van der Waals surface area contributed by atoms with E-state index < -0.39 is 0 Å². The highest BCUT2D eigenvalue weighted by molar-refractivity contribution is 6.42. The number of benzene rings is 1. The van der Waals surface area contributed by atoms with Gasteiger partial charge in [-0.15, -0.1) is 0 Å². The van der Waals surface area contributed by atoms with Crippen LogP contribution in [-0.4, -0.2) is 15.5 Å². The Balaban J connectivity index is 1.89. The summed E-state index contributed by atoms with van der Waals surface area (Å²) in [5.74, 6) is 0.928. The zero-order chi connectivity index (χ0) is 13.5. The first-order chi connectivity index (χ1) is 9.06. The van der Waals surface area contributed by atoms with Gasteiger partial charge in [0.1, 0.15) is 5.82 Å². The summed E-state index contributed by atoms with van der Waals surface area (Å²) < 4.78 is 0. The van der Waals surface area contributed by atoms with Crippen LogP contribution in [0.15, 0.2) is 12.1 Å². The van der Waals surface area contributed by atoms with Crippen LogP contribution in [0.2, 0.25) is 10.0 Å². The summed E-state index contributed by atoms with van der Waals surface area (Å²) in [5, 5.41) is 1.08. The molecule has 1 aliphatic rings. The number of hydrogen-bond donors (Lipinski definition) is 2. The molecule has 0 atom stereocenters. The summed E-state index contributed by atoms with van der Waals surface area (Å²) in [6.45, 7) is 0. The van der Waals surface area contributed by atoms with Crippen molar-refractivity contribution < 1.29 is 0 Å². The molecule has 3 rings (SSSR count). The van der Waals surface area contributed by atoms with E-state index in [-0.39, 0.29) is 5.54 Å². The number of imidazole rings is 1. The van der Waals surface area contributed by atoms with Crippen molar-refractivity contribution in [2.75, 3.05) is 0 Å². The summed E-state index contributed by atoms with van der Waals surface area (Å²) in [5.41, 5.74) is 8.12. The van der Waals surface area contributed by atoms with Crippen LogP contribution < -0.4 is 5.73 Å². The SMILES string of the molecule is NC1(Cc2nc3cc(Cl)c(Cl)cc3[nH]2)CCCCC1. The Bertz CT molecular complexity index is 561. The van der Waals surface area contributed by atoms with E-state index in [0.717, 1.165) is 36.1 Å². The molecule has 0 radical (unpaired) electrons. The number of rotatable bonds is 2. The fourth-order valence-electron chi connectivity index (χ4n) is 2.91. The molecule has 1 aliphatic carbocycles. The summed E-state index contributed by atoms with van der Waals surface area (Å²) in [4.78, 5) is 7.88. The Morgan fingerprint density at radius 1 is 1.16 bits per heavy atom. The number of aromatic amines is 1. The van der Waals surface area contributed by atoms with Gasteiger partial charge >= 0.3 is 0 Å². The Morgan fingerprint density at radius 3 is 2.58 bits per heavy atom. The quantitative estimate of drug-likeness (QED) is 0.878. The lowest BCUT2D eigenvalue weighted by molar-refractivity contribution is 0.290.